The zero-order chi connectivity index (χ0) is 12.1. The molecule has 3 N–H and O–H groups in total. The predicted octanol–water partition coefficient (Wildman–Crippen LogP) is 0.642. The van der Waals surface area contributed by atoms with E-state index in [4.69, 9.17) is 5.11 Å². The van der Waals surface area contributed by atoms with Gasteiger partial charge in [0, 0.05) is 12.0 Å². The van der Waals surface area contributed by atoms with Crippen molar-refractivity contribution in [3.63, 3.8) is 0 Å². The van der Waals surface area contributed by atoms with Gasteiger partial charge in [-0.15, -0.1) is 0 Å². The molecule has 0 aliphatic carbocycles. The summed E-state index contributed by atoms with van der Waals surface area (Å²) in [5.41, 5.74) is 0.416. The molecule has 0 amide bonds. The number of hydrogen-bond acceptors (Lipinski definition) is 4. The van der Waals surface area contributed by atoms with Gasteiger partial charge in [-0.1, -0.05) is 12.1 Å². The molecule has 1 atom stereocenters. The van der Waals surface area contributed by atoms with Crippen LogP contribution in [0, 0.1) is 0 Å². The molecule has 1 unspecified atom stereocenters. The van der Waals surface area contributed by atoms with Gasteiger partial charge in [0.2, 0.25) is 0 Å². The van der Waals surface area contributed by atoms with E-state index in [1.807, 2.05) is 0 Å². The molecule has 16 heavy (non-hydrogen) atoms. The Morgan fingerprint density at radius 2 is 2.12 bits per heavy atom. The van der Waals surface area contributed by atoms with Crippen LogP contribution in [0.1, 0.15) is 23.7 Å². The Labute approximate surface area is 92.0 Å². The van der Waals surface area contributed by atoms with Gasteiger partial charge >= 0.3 is 5.97 Å². The molecule has 0 fully saturated rings. The van der Waals surface area contributed by atoms with E-state index in [2.05, 4.69) is 0 Å². The van der Waals surface area contributed by atoms with Gasteiger partial charge in [0.15, 0.2) is 6.10 Å². The summed E-state index contributed by atoms with van der Waals surface area (Å²) in [7, 11) is 0. The number of phenolic OH excluding ortho intramolecular Hbond substituents is 1. The molecule has 0 spiro atoms. The lowest BCUT2D eigenvalue weighted by Crippen LogP contribution is -2.13. The summed E-state index contributed by atoms with van der Waals surface area (Å²) in [6.07, 6.45) is -0.649. The van der Waals surface area contributed by atoms with Crippen molar-refractivity contribution in [1.82, 2.24) is 0 Å². The second-order valence-corrected chi connectivity index (χ2v) is 3.29. The number of aldehydes is 1. The molecule has 86 valence electrons. The number of aliphatic hydroxyl groups excluding tert-OH is 1. The second kappa shape index (κ2) is 5.27. The number of aliphatic hydroxyl groups is 1. The number of carboxylic acid groups (broad SMARTS) is 1. The fraction of sp³-hybridized carbons (Fsp3) is 0.273. The first-order chi connectivity index (χ1) is 7.57. The molecule has 5 nitrogen and oxygen atoms in total. The lowest BCUT2D eigenvalue weighted by molar-refractivity contribution is -0.147. The van der Waals surface area contributed by atoms with Gasteiger partial charge in [-0.3, -0.25) is 0 Å². The average molecular weight is 224 g/mol. The minimum absolute atomic E-state index is 0.111. The number of carboxylic acids is 1. The van der Waals surface area contributed by atoms with Crippen molar-refractivity contribution in [1.29, 1.82) is 0 Å². The van der Waals surface area contributed by atoms with Crippen LogP contribution in [0.25, 0.3) is 0 Å². The van der Waals surface area contributed by atoms with Crippen LogP contribution in [0.5, 0.6) is 5.75 Å². The Balaban J connectivity index is 3.11. The molecule has 0 saturated carbocycles. The third-order valence-electron chi connectivity index (χ3n) is 2.23. The maximum Gasteiger partial charge on any atom is 0.337 e. The number of aromatic hydroxyl groups is 1. The van der Waals surface area contributed by atoms with E-state index in [0.717, 1.165) is 0 Å². The first kappa shape index (κ1) is 12.2. The van der Waals surface area contributed by atoms with Gasteiger partial charge in [-0.25, -0.2) is 4.79 Å². The normalized spacial score (nSPS) is 12.1. The number of phenols is 1. The van der Waals surface area contributed by atoms with Crippen LogP contribution in [-0.2, 0) is 16.0 Å². The number of rotatable bonds is 5. The van der Waals surface area contributed by atoms with E-state index in [0.29, 0.717) is 11.8 Å². The van der Waals surface area contributed by atoms with Gasteiger partial charge in [0.1, 0.15) is 12.0 Å². The second-order valence-electron chi connectivity index (χ2n) is 3.29. The smallest absolute Gasteiger partial charge is 0.337 e. The van der Waals surface area contributed by atoms with Gasteiger partial charge in [0.05, 0.1) is 0 Å². The first-order valence-electron chi connectivity index (χ1n) is 4.73. The Morgan fingerprint density at radius 1 is 1.44 bits per heavy atom. The fourth-order valence-corrected chi connectivity index (χ4v) is 1.46. The van der Waals surface area contributed by atoms with Crippen molar-refractivity contribution in [2.24, 2.45) is 0 Å². The number of carbonyl (C=O) groups is 2. The van der Waals surface area contributed by atoms with Gasteiger partial charge in [0.25, 0.3) is 0 Å². The highest BCUT2D eigenvalue weighted by Crippen LogP contribution is 2.27. The van der Waals surface area contributed by atoms with Gasteiger partial charge in [-0.2, -0.15) is 0 Å². The molecular formula is C11H12O5. The molecule has 0 bridgehead atoms. The molecule has 1 aromatic rings. The number of aliphatic carboxylic acids is 1. The molecule has 0 radical (unpaired) electrons. The molecule has 0 aromatic heterocycles. The van der Waals surface area contributed by atoms with E-state index in [-0.39, 0.29) is 24.2 Å². The third-order valence-corrected chi connectivity index (χ3v) is 2.23. The third kappa shape index (κ3) is 2.58. The van der Waals surface area contributed by atoms with Gasteiger partial charge < -0.3 is 20.1 Å². The highest BCUT2D eigenvalue weighted by atomic mass is 16.4. The standard InChI is InChI=1S/C11H12O5/c12-6-2-4-7-8(10(14)11(15)16)3-1-5-9(7)13/h1,3,5-6,10,13-14H,2,4H2,(H,15,16). The largest absolute Gasteiger partial charge is 0.508 e. The molecule has 5 heteroatoms. The summed E-state index contributed by atoms with van der Waals surface area (Å²) in [5.74, 6) is -1.50. The van der Waals surface area contributed by atoms with Crippen LogP contribution in [0.2, 0.25) is 0 Å². The van der Waals surface area contributed by atoms with Gasteiger partial charge in [-0.05, 0) is 18.1 Å². The summed E-state index contributed by atoms with van der Waals surface area (Å²) in [5, 5.41) is 27.6. The van der Waals surface area contributed by atoms with Crippen molar-refractivity contribution < 1.29 is 24.9 Å². The minimum Gasteiger partial charge on any atom is -0.508 e. The predicted molar refractivity (Wildman–Crippen MR) is 55.1 cm³/mol. The summed E-state index contributed by atoms with van der Waals surface area (Å²) >= 11 is 0. The zero-order valence-electron chi connectivity index (χ0n) is 8.46. The number of benzene rings is 1. The maximum absolute atomic E-state index is 10.6. The van der Waals surface area contributed by atoms with Crippen LogP contribution in [0.15, 0.2) is 18.2 Å². The number of carbonyl (C=O) groups excluding carboxylic acids is 1. The SMILES string of the molecule is O=CCCc1c(O)cccc1C(O)C(=O)O. The first-order valence-corrected chi connectivity index (χ1v) is 4.73. The van der Waals surface area contributed by atoms with Crippen molar-refractivity contribution >= 4 is 12.3 Å². The Hall–Kier alpha value is -1.88. The van der Waals surface area contributed by atoms with Crippen molar-refractivity contribution in [2.45, 2.75) is 18.9 Å². The average Bonchev–Trinajstić information content (AvgIpc) is 2.26. The number of hydrogen-bond donors (Lipinski definition) is 3. The van der Waals surface area contributed by atoms with E-state index in [1.54, 1.807) is 0 Å². The van der Waals surface area contributed by atoms with E-state index >= 15 is 0 Å². The maximum atomic E-state index is 10.6. The fourth-order valence-electron chi connectivity index (χ4n) is 1.46. The topological polar surface area (TPSA) is 94.8 Å². The summed E-state index contributed by atoms with van der Waals surface area (Å²) in [6, 6.07) is 4.25. The molecule has 1 aromatic carbocycles. The minimum atomic E-state index is -1.69. The molecule has 0 saturated heterocycles. The van der Waals surface area contributed by atoms with E-state index in [9.17, 15) is 19.8 Å². The van der Waals surface area contributed by atoms with Crippen molar-refractivity contribution in [3.05, 3.63) is 29.3 Å². The summed E-state index contributed by atoms with van der Waals surface area (Å²) < 4.78 is 0. The highest BCUT2D eigenvalue weighted by Gasteiger charge is 2.20. The Kier molecular flexibility index (Phi) is 4.02. The van der Waals surface area contributed by atoms with Crippen LogP contribution in [-0.4, -0.2) is 27.6 Å². The van der Waals surface area contributed by atoms with Crippen LogP contribution in [0.3, 0.4) is 0 Å². The monoisotopic (exact) mass is 224 g/mol. The molecule has 0 aliphatic heterocycles. The molecular weight excluding hydrogens is 212 g/mol. The van der Waals surface area contributed by atoms with Crippen LogP contribution >= 0.6 is 0 Å². The van der Waals surface area contributed by atoms with E-state index in [1.165, 1.54) is 18.2 Å². The van der Waals surface area contributed by atoms with Crippen LogP contribution < -0.4 is 0 Å². The highest BCUT2D eigenvalue weighted by molar-refractivity contribution is 5.75. The van der Waals surface area contributed by atoms with Crippen LogP contribution in [0.4, 0.5) is 0 Å². The lowest BCUT2D eigenvalue weighted by atomic mass is 9.98. The quantitative estimate of drug-likeness (QED) is 0.638. The molecule has 0 heterocycles. The van der Waals surface area contributed by atoms with E-state index < -0.39 is 12.1 Å². The summed E-state index contributed by atoms with van der Waals surface area (Å²) in [4.78, 5) is 20.9. The molecule has 1 rings (SSSR count). The summed E-state index contributed by atoms with van der Waals surface area (Å²) in [6.45, 7) is 0. The Bertz CT molecular complexity index is 399. The van der Waals surface area contributed by atoms with Crippen molar-refractivity contribution in [2.75, 3.05) is 0 Å². The molecule has 0 aliphatic rings. The van der Waals surface area contributed by atoms with Crippen molar-refractivity contribution in [3.8, 4) is 5.75 Å². The lowest BCUT2D eigenvalue weighted by Gasteiger charge is -2.12. The Morgan fingerprint density at radius 3 is 2.69 bits per heavy atom. The zero-order valence-corrected chi connectivity index (χ0v) is 8.46.